The van der Waals surface area contributed by atoms with Crippen molar-refractivity contribution in [1.82, 2.24) is 24.8 Å². The van der Waals surface area contributed by atoms with E-state index in [9.17, 15) is 9.59 Å². The first-order valence-corrected chi connectivity index (χ1v) is 10.3. The van der Waals surface area contributed by atoms with Crippen LogP contribution in [0.25, 0.3) is 28.4 Å². The largest absolute Gasteiger partial charge is 0.462 e. The zero-order chi connectivity index (χ0) is 21.4. The third kappa shape index (κ3) is 3.52. The van der Waals surface area contributed by atoms with Crippen LogP contribution in [0.1, 0.15) is 54.3 Å². The van der Waals surface area contributed by atoms with Gasteiger partial charge in [-0.15, -0.1) is 10.2 Å². The molecule has 1 aliphatic carbocycles. The Kier molecular flexibility index (Phi) is 4.85. The molecule has 0 bridgehead atoms. The number of methoxy groups -OCH3 is 1. The van der Waals surface area contributed by atoms with Gasteiger partial charge in [-0.1, -0.05) is 43.5 Å². The molecule has 0 atom stereocenters. The maximum absolute atomic E-state index is 12.6. The van der Waals surface area contributed by atoms with Crippen LogP contribution in [0.3, 0.4) is 0 Å². The first-order valence-electron chi connectivity index (χ1n) is 10.3. The number of carbonyl (C=O) groups is 1. The van der Waals surface area contributed by atoms with E-state index >= 15 is 0 Å². The number of ether oxygens (including phenoxy) is 1. The number of hydrogen-bond donors (Lipinski definition) is 1. The summed E-state index contributed by atoms with van der Waals surface area (Å²) < 4.78 is 11.2. The SMILES string of the molecule is COC(=O)c1nnc(-c2cnn3c(=O)cc(-c4ccc(C5CCCCC5)cc4)[nH]c23)o1. The van der Waals surface area contributed by atoms with Gasteiger partial charge in [0, 0.05) is 6.07 Å². The third-order valence-electron chi connectivity index (χ3n) is 5.81. The smallest absolute Gasteiger partial charge is 0.396 e. The van der Waals surface area contributed by atoms with Crippen molar-refractivity contribution in [2.45, 2.75) is 38.0 Å². The Morgan fingerprint density at radius 3 is 2.68 bits per heavy atom. The summed E-state index contributed by atoms with van der Waals surface area (Å²) in [5.41, 5.74) is 3.42. The van der Waals surface area contributed by atoms with Gasteiger partial charge >= 0.3 is 11.9 Å². The molecule has 0 amide bonds. The highest BCUT2D eigenvalue weighted by molar-refractivity contribution is 5.84. The predicted molar refractivity (Wildman–Crippen MR) is 112 cm³/mol. The molecule has 0 spiro atoms. The molecule has 1 saturated carbocycles. The van der Waals surface area contributed by atoms with Crippen molar-refractivity contribution in [2.75, 3.05) is 7.11 Å². The summed E-state index contributed by atoms with van der Waals surface area (Å²) in [6.07, 6.45) is 7.81. The number of carbonyl (C=O) groups excluding carboxylic acids is 1. The number of benzene rings is 1. The number of esters is 1. The van der Waals surface area contributed by atoms with Gasteiger partial charge in [0.1, 0.15) is 5.56 Å². The normalized spacial score (nSPS) is 14.7. The highest BCUT2D eigenvalue weighted by atomic mass is 16.5. The Balaban J connectivity index is 1.52. The maximum atomic E-state index is 12.6. The Morgan fingerprint density at radius 1 is 1.16 bits per heavy atom. The van der Waals surface area contributed by atoms with Crippen LogP contribution in [-0.4, -0.2) is 37.9 Å². The van der Waals surface area contributed by atoms with E-state index in [1.807, 2.05) is 12.1 Å². The van der Waals surface area contributed by atoms with Gasteiger partial charge in [-0.25, -0.2) is 4.79 Å². The lowest BCUT2D eigenvalue weighted by atomic mass is 9.84. The van der Waals surface area contributed by atoms with Crippen LogP contribution in [0.2, 0.25) is 0 Å². The summed E-state index contributed by atoms with van der Waals surface area (Å²) in [5.74, 6) is -0.320. The van der Waals surface area contributed by atoms with Crippen molar-refractivity contribution in [1.29, 1.82) is 0 Å². The third-order valence-corrected chi connectivity index (χ3v) is 5.81. The molecular formula is C22H21N5O4. The van der Waals surface area contributed by atoms with Gasteiger partial charge in [-0.05, 0) is 29.9 Å². The molecule has 0 aliphatic heterocycles. The molecule has 1 N–H and O–H groups in total. The Morgan fingerprint density at radius 2 is 1.94 bits per heavy atom. The van der Waals surface area contributed by atoms with Crippen LogP contribution >= 0.6 is 0 Å². The van der Waals surface area contributed by atoms with E-state index < -0.39 is 5.97 Å². The summed E-state index contributed by atoms with van der Waals surface area (Å²) in [6.45, 7) is 0. The van der Waals surface area contributed by atoms with Crippen molar-refractivity contribution < 1.29 is 13.9 Å². The molecule has 1 aliphatic rings. The molecule has 3 heterocycles. The van der Waals surface area contributed by atoms with Crippen molar-refractivity contribution in [3.63, 3.8) is 0 Å². The number of nitrogens with one attached hydrogen (secondary N) is 1. The van der Waals surface area contributed by atoms with E-state index in [1.54, 1.807) is 0 Å². The molecule has 4 aromatic rings. The predicted octanol–water partition coefficient (Wildman–Crippen LogP) is 3.57. The van der Waals surface area contributed by atoms with Crippen LogP contribution in [0, 0.1) is 0 Å². The highest BCUT2D eigenvalue weighted by Gasteiger charge is 2.20. The number of fused-ring (bicyclic) bond motifs is 1. The molecule has 1 aromatic carbocycles. The Bertz CT molecular complexity index is 1300. The van der Waals surface area contributed by atoms with Gasteiger partial charge in [-0.2, -0.15) is 9.61 Å². The maximum Gasteiger partial charge on any atom is 0.396 e. The number of hydrogen-bond acceptors (Lipinski definition) is 7. The Labute approximate surface area is 177 Å². The number of rotatable bonds is 4. The van der Waals surface area contributed by atoms with Crippen LogP contribution in [0.15, 0.2) is 45.7 Å². The minimum Gasteiger partial charge on any atom is -0.462 e. The fourth-order valence-electron chi connectivity index (χ4n) is 4.17. The molecule has 0 radical (unpaired) electrons. The second-order valence-electron chi connectivity index (χ2n) is 7.70. The van der Waals surface area contributed by atoms with Gasteiger partial charge < -0.3 is 14.1 Å². The van der Waals surface area contributed by atoms with Gasteiger partial charge in [0.2, 0.25) is 0 Å². The topological polar surface area (TPSA) is 115 Å². The first kappa shape index (κ1) is 19.2. The monoisotopic (exact) mass is 419 g/mol. The van der Waals surface area contributed by atoms with Crippen molar-refractivity contribution in [3.05, 3.63) is 58.3 Å². The lowest BCUT2D eigenvalue weighted by Gasteiger charge is -2.22. The van der Waals surface area contributed by atoms with Crippen LogP contribution in [-0.2, 0) is 4.74 Å². The number of aromatic nitrogens is 5. The molecule has 3 aromatic heterocycles. The second-order valence-corrected chi connectivity index (χ2v) is 7.70. The average Bonchev–Trinajstić information content (AvgIpc) is 3.47. The van der Waals surface area contributed by atoms with Crippen molar-refractivity contribution in [3.8, 4) is 22.7 Å². The summed E-state index contributed by atoms with van der Waals surface area (Å²) in [5, 5.41) is 11.7. The number of H-pyrrole nitrogens is 1. The molecule has 0 unspecified atom stereocenters. The summed E-state index contributed by atoms with van der Waals surface area (Å²) in [4.78, 5) is 27.5. The van der Waals surface area contributed by atoms with Gasteiger partial charge in [0.15, 0.2) is 5.65 Å². The Hall–Kier alpha value is -3.75. The van der Waals surface area contributed by atoms with Gasteiger partial charge in [-0.3, -0.25) is 4.79 Å². The summed E-state index contributed by atoms with van der Waals surface area (Å²) in [6, 6.07) is 9.86. The lowest BCUT2D eigenvalue weighted by Crippen LogP contribution is -2.14. The van der Waals surface area contributed by atoms with Crippen molar-refractivity contribution >= 4 is 11.6 Å². The number of nitrogens with zero attached hydrogens (tertiary/aromatic N) is 4. The molecule has 1 fully saturated rings. The van der Waals surface area contributed by atoms with Gasteiger partial charge in [0.05, 0.1) is 19.0 Å². The summed E-state index contributed by atoms with van der Waals surface area (Å²) >= 11 is 0. The molecule has 5 rings (SSSR count). The molecule has 0 saturated heterocycles. The fourth-order valence-corrected chi connectivity index (χ4v) is 4.17. The minimum atomic E-state index is -0.734. The minimum absolute atomic E-state index is 0.0656. The zero-order valence-electron chi connectivity index (χ0n) is 17.0. The van der Waals surface area contributed by atoms with E-state index in [-0.39, 0.29) is 17.3 Å². The fraction of sp³-hybridized carbons (Fsp3) is 0.318. The van der Waals surface area contributed by atoms with Gasteiger partial charge in [0.25, 0.3) is 11.4 Å². The highest BCUT2D eigenvalue weighted by Crippen LogP contribution is 2.33. The molecule has 31 heavy (non-hydrogen) atoms. The van der Waals surface area contributed by atoms with Crippen LogP contribution < -0.4 is 5.56 Å². The van der Waals surface area contributed by atoms with E-state index in [1.165, 1.54) is 61.6 Å². The quantitative estimate of drug-likeness (QED) is 0.503. The van der Waals surface area contributed by atoms with Crippen molar-refractivity contribution in [2.24, 2.45) is 0 Å². The van der Waals surface area contributed by atoms with E-state index in [0.717, 1.165) is 5.56 Å². The molecule has 9 heteroatoms. The average molecular weight is 419 g/mol. The molecule has 9 nitrogen and oxygen atoms in total. The second kappa shape index (κ2) is 7.82. The molecule has 158 valence electrons. The first-order chi connectivity index (χ1) is 15.1. The van der Waals surface area contributed by atoms with E-state index in [2.05, 4.69) is 37.1 Å². The lowest BCUT2D eigenvalue weighted by molar-refractivity contribution is 0.0556. The van der Waals surface area contributed by atoms with Crippen LogP contribution in [0.5, 0.6) is 0 Å². The van der Waals surface area contributed by atoms with E-state index in [0.29, 0.717) is 22.8 Å². The standard InChI is InChI=1S/C22H21N5O4/c1-30-22(29)21-26-25-20(31-21)16-12-23-27-18(28)11-17(24-19(16)27)15-9-7-14(8-10-15)13-5-3-2-4-6-13/h7-13,24H,2-6H2,1H3. The van der Waals surface area contributed by atoms with Crippen LogP contribution in [0.4, 0.5) is 0 Å². The molecular weight excluding hydrogens is 398 g/mol. The van der Waals surface area contributed by atoms with E-state index in [4.69, 9.17) is 4.42 Å². The zero-order valence-corrected chi connectivity index (χ0v) is 17.0. The summed E-state index contributed by atoms with van der Waals surface area (Å²) in [7, 11) is 1.23. The number of aromatic amines is 1.